The summed E-state index contributed by atoms with van der Waals surface area (Å²) in [5.74, 6) is 1.73. The summed E-state index contributed by atoms with van der Waals surface area (Å²) in [6.45, 7) is 6.98. The fourth-order valence-corrected chi connectivity index (χ4v) is 1.95. The predicted octanol–water partition coefficient (Wildman–Crippen LogP) is 1.09. The van der Waals surface area contributed by atoms with Gasteiger partial charge in [0.25, 0.3) is 0 Å². The van der Waals surface area contributed by atoms with Gasteiger partial charge >= 0.3 is 0 Å². The van der Waals surface area contributed by atoms with Crippen molar-refractivity contribution in [3.8, 4) is 0 Å². The molecule has 2 rings (SSSR count). The Balaban J connectivity index is 1.83. The molecule has 1 N–H and O–H groups in total. The van der Waals surface area contributed by atoms with Crippen LogP contribution in [0.4, 0.5) is 0 Å². The molecule has 0 amide bonds. The van der Waals surface area contributed by atoms with E-state index in [1.54, 1.807) is 0 Å². The zero-order chi connectivity index (χ0) is 10.8. The summed E-state index contributed by atoms with van der Waals surface area (Å²) < 4.78 is 5.51. The van der Waals surface area contributed by atoms with Crippen LogP contribution in [0.15, 0.2) is 4.42 Å². The molecule has 0 saturated carbocycles. The zero-order valence-corrected chi connectivity index (χ0v) is 9.71. The van der Waals surface area contributed by atoms with Crippen molar-refractivity contribution in [1.82, 2.24) is 15.2 Å². The molecule has 0 spiro atoms. The number of hydrogen-bond donors (Lipinski definition) is 1. The second-order valence-electron chi connectivity index (χ2n) is 4.38. The van der Waals surface area contributed by atoms with E-state index in [1.165, 1.54) is 13.0 Å². The zero-order valence-electron chi connectivity index (χ0n) is 9.71. The SMILES string of the molecule is Cc1nc(CNC2CCN(C)C2)oc1C. The maximum atomic E-state index is 5.51. The molecule has 0 aliphatic carbocycles. The van der Waals surface area contributed by atoms with Crippen LogP contribution in [0.1, 0.15) is 23.8 Å². The van der Waals surface area contributed by atoms with Gasteiger partial charge in [-0.15, -0.1) is 0 Å². The summed E-state index contributed by atoms with van der Waals surface area (Å²) >= 11 is 0. The van der Waals surface area contributed by atoms with Crippen molar-refractivity contribution in [3.05, 3.63) is 17.3 Å². The number of hydrogen-bond acceptors (Lipinski definition) is 4. The maximum absolute atomic E-state index is 5.51. The summed E-state index contributed by atoms with van der Waals surface area (Å²) in [4.78, 5) is 6.68. The minimum Gasteiger partial charge on any atom is -0.444 e. The van der Waals surface area contributed by atoms with Crippen molar-refractivity contribution in [2.45, 2.75) is 32.9 Å². The van der Waals surface area contributed by atoms with Crippen LogP contribution in [0.25, 0.3) is 0 Å². The first-order chi connectivity index (χ1) is 7.15. The standard InChI is InChI=1S/C11H19N3O/c1-8-9(2)15-11(13-8)6-12-10-4-5-14(3)7-10/h10,12H,4-7H2,1-3H3. The van der Waals surface area contributed by atoms with Crippen LogP contribution in [0, 0.1) is 13.8 Å². The van der Waals surface area contributed by atoms with E-state index in [-0.39, 0.29) is 0 Å². The van der Waals surface area contributed by atoms with Crippen molar-refractivity contribution in [2.24, 2.45) is 0 Å². The predicted molar refractivity (Wildman–Crippen MR) is 58.7 cm³/mol. The van der Waals surface area contributed by atoms with Gasteiger partial charge in [0.05, 0.1) is 12.2 Å². The average molecular weight is 209 g/mol. The minimum atomic E-state index is 0.586. The normalized spacial score (nSPS) is 22.5. The number of likely N-dealkylation sites (tertiary alicyclic amines) is 1. The van der Waals surface area contributed by atoms with Crippen molar-refractivity contribution in [3.63, 3.8) is 0 Å². The largest absolute Gasteiger partial charge is 0.444 e. The lowest BCUT2D eigenvalue weighted by molar-refractivity contribution is 0.385. The molecule has 84 valence electrons. The van der Waals surface area contributed by atoms with E-state index in [9.17, 15) is 0 Å². The molecule has 15 heavy (non-hydrogen) atoms. The summed E-state index contributed by atoms with van der Waals surface area (Å²) in [7, 11) is 2.15. The third-order valence-corrected chi connectivity index (χ3v) is 3.01. The molecular formula is C11H19N3O. The lowest BCUT2D eigenvalue weighted by atomic mass is 10.2. The molecule has 1 aromatic rings. The number of likely N-dealkylation sites (N-methyl/N-ethyl adjacent to an activating group) is 1. The lowest BCUT2D eigenvalue weighted by Gasteiger charge is -2.10. The molecule has 1 atom stereocenters. The van der Waals surface area contributed by atoms with Gasteiger partial charge < -0.3 is 14.6 Å². The summed E-state index contributed by atoms with van der Waals surface area (Å²) in [6, 6.07) is 0.586. The Morgan fingerprint density at radius 1 is 1.53 bits per heavy atom. The highest BCUT2D eigenvalue weighted by Crippen LogP contribution is 2.10. The number of nitrogens with one attached hydrogen (secondary N) is 1. The summed E-state index contributed by atoms with van der Waals surface area (Å²) in [5, 5.41) is 3.47. The first-order valence-corrected chi connectivity index (χ1v) is 5.50. The molecule has 4 nitrogen and oxygen atoms in total. The molecule has 4 heteroatoms. The van der Waals surface area contributed by atoms with E-state index >= 15 is 0 Å². The third kappa shape index (κ3) is 2.58. The van der Waals surface area contributed by atoms with E-state index in [2.05, 4.69) is 22.2 Å². The van der Waals surface area contributed by atoms with E-state index in [4.69, 9.17) is 4.42 Å². The van der Waals surface area contributed by atoms with Crippen LogP contribution >= 0.6 is 0 Å². The fraction of sp³-hybridized carbons (Fsp3) is 0.727. The molecule has 1 unspecified atom stereocenters. The van der Waals surface area contributed by atoms with Crippen LogP contribution in [-0.2, 0) is 6.54 Å². The molecular weight excluding hydrogens is 190 g/mol. The Morgan fingerprint density at radius 2 is 2.33 bits per heavy atom. The van der Waals surface area contributed by atoms with Gasteiger partial charge in [-0.1, -0.05) is 0 Å². The quantitative estimate of drug-likeness (QED) is 0.809. The number of oxazole rings is 1. The van der Waals surface area contributed by atoms with Crippen LogP contribution in [0.5, 0.6) is 0 Å². The van der Waals surface area contributed by atoms with Crippen LogP contribution in [-0.4, -0.2) is 36.1 Å². The van der Waals surface area contributed by atoms with Gasteiger partial charge in [0.2, 0.25) is 5.89 Å². The van der Waals surface area contributed by atoms with Crippen LogP contribution < -0.4 is 5.32 Å². The van der Waals surface area contributed by atoms with E-state index in [1.807, 2.05) is 13.8 Å². The molecule has 1 aliphatic rings. The summed E-state index contributed by atoms with van der Waals surface area (Å²) in [5.41, 5.74) is 0.996. The van der Waals surface area contributed by atoms with Crippen molar-refractivity contribution in [1.29, 1.82) is 0 Å². The van der Waals surface area contributed by atoms with E-state index in [0.29, 0.717) is 6.04 Å². The molecule has 2 heterocycles. The van der Waals surface area contributed by atoms with Crippen LogP contribution in [0.3, 0.4) is 0 Å². The molecule has 0 aromatic carbocycles. The topological polar surface area (TPSA) is 41.3 Å². The first-order valence-electron chi connectivity index (χ1n) is 5.50. The minimum absolute atomic E-state index is 0.586. The number of nitrogens with zero attached hydrogens (tertiary/aromatic N) is 2. The average Bonchev–Trinajstić information content (AvgIpc) is 2.72. The second-order valence-corrected chi connectivity index (χ2v) is 4.38. The molecule has 1 aliphatic heterocycles. The van der Waals surface area contributed by atoms with Gasteiger partial charge in [-0.25, -0.2) is 4.98 Å². The fourth-order valence-electron chi connectivity index (χ4n) is 1.95. The Morgan fingerprint density at radius 3 is 2.87 bits per heavy atom. The number of aryl methyl sites for hydroxylation is 2. The van der Waals surface area contributed by atoms with Gasteiger partial charge in [0, 0.05) is 12.6 Å². The highest BCUT2D eigenvalue weighted by molar-refractivity contribution is 5.05. The Bertz CT molecular complexity index is 315. The van der Waals surface area contributed by atoms with Gasteiger partial charge in [-0.05, 0) is 33.9 Å². The monoisotopic (exact) mass is 209 g/mol. The molecule has 1 aromatic heterocycles. The molecule has 1 saturated heterocycles. The van der Waals surface area contributed by atoms with E-state index in [0.717, 1.165) is 30.4 Å². The smallest absolute Gasteiger partial charge is 0.208 e. The van der Waals surface area contributed by atoms with Crippen molar-refractivity contribution < 1.29 is 4.42 Å². The maximum Gasteiger partial charge on any atom is 0.208 e. The summed E-state index contributed by atoms with van der Waals surface area (Å²) in [6.07, 6.45) is 1.22. The molecule has 1 fully saturated rings. The highest BCUT2D eigenvalue weighted by Gasteiger charge is 2.19. The molecule has 0 bridgehead atoms. The Kier molecular flexibility index (Phi) is 3.07. The van der Waals surface area contributed by atoms with Gasteiger partial charge in [0.1, 0.15) is 5.76 Å². The Labute approximate surface area is 90.7 Å². The van der Waals surface area contributed by atoms with Gasteiger partial charge in [0.15, 0.2) is 0 Å². The first kappa shape index (κ1) is 10.6. The van der Waals surface area contributed by atoms with Crippen molar-refractivity contribution in [2.75, 3.05) is 20.1 Å². The second kappa shape index (κ2) is 4.33. The molecule has 0 radical (unpaired) electrons. The Hall–Kier alpha value is -0.870. The number of aromatic nitrogens is 1. The van der Waals surface area contributed by atoms with Crippen LogP contribution in [0.2, 0.25) is 0 Å². The third-order valence-electron chi connectivity index (χ3n) is 3.01. The number of rotatable bonds is 3. The van der Waals surface area contributed by atoms with Gasteiger partial charge in [-0.2, -0.15) is 0 Å². The highest BCUT2D eigenvalue weighted by atomic mass is 16.4. The van der Waals surface area contributed by atoms with E-state index < -0.39 is 0 Å². The lowest BCUT2D eigenvalue weighted by Crippen LogP contribution is -2.31. The van der Waals surface area contributed by atoms with Crippen molar-refractivity contribution >= 4 is 0 Å². The van der Waals surface area contributed by atoms with Gasteiger partial charge in [-0.3, -0.25) is 0 Å².